The van der Waals surface area contributed by atoms with Crippen LogP contribution in [0.5, 0.6) is 0 Å². The number of nitrogens with zero attached hydrogens (tertiary/aromatic N) is 2. The summed E-state index contributed by atoms with van der Waals surface area (Å²) >= 11 is 6.08. The molecular weight excluding hydrogens is 450 g/mol. The van der Waals surface area contributed by atoms with Crippen molar-refractivity contribution in [3.63, 3.8) is 0 Å². The molecule has 1 amide bonds. The third-order valence-corrected chi connectivity index (χ3v) is 8.87. The van der Waals surface area contributed by atoms with Gasteiger partial charge in [-0.2, -0.15) is 0 Å². The van der Waals surface area contributed by atoms with Crippen LogP contribution in [0.15, 0.2) is 22.7 Å². The minimum absolute atomic E-state index is 0.0490. The average molecular weight is 488 g/mol. The average Bonchev–Trinajstić information content (AvgIpc) is 3.27. The molecule has 2 saturated heterocycles. The van der Waals surface area contributed by atoms with E-state index < -0.39 is 0 Å². The third-order valence-electron chi connectivity index (χ3n) is 8.63. The van der Waals surface area contributed by atoms with Crippen LogP contribution in [0.1, 0.15) is 75.8 Å². The van der Waals surface area contributed by atoms with Crippen molar-refractivity contribution in [2.45, 2.75) is 76.2 Å². The van der Waals surface area contributed by atoms with Crippen LogP contribution in [0.2, 0.25) is 5.02 Å². The zero-order valence-corrected chi connectivity index (χ0v) is 20.8. The normalized spacial score (nSPS) is 28.2. The molecule has 0 spiro atoms. The number of primary amides is 1. The van der Waals surface area contributed by atoms with Crippen molar-refractivity contribution >= 4 is 28.5 Å². The van der Waals surface area contributed by atoms with Crippen molar-refractivity contribution in [1.29, 1.82) is 0 Å². The Morgan fingerprint density at radius 2 is 1.91 bits per heavy atom. The highest BCUT2D eigenvalue weighted by molar-refractivity contribution is 6.31. The molecule has 2 aromatic rings. The predicted octanol–water partition coefficient (Wildman–Crippen LogP) is 5.53. The second kappa shape index (κ2) is 11.0. The minimum atomic E-state index is -0.152. The van der Waals surface area contributed by atoms with Crippen molar-refractivity contribution in [1.82, 2.24) is 10.1 Å². The van der Waals surface area contributed by atoms with Crippen LogP contribution >= 0.6 is 11.6 Å². The Morgan fingerprint density at radius 3 is 2.62 bits per heavy atom. The Hall–Kier alpha value is -1.63. The minimum Gasteiger partial charge on any atom is -0.377 e. The molecule has 6 nitrogen and oxygen atoms in total. The molecule has 1 saturated carbocycles. The number of aromatic nitrogens is 1. The number of likely N-dealkylation sites (tertiary alicyclic amines) is 1. The second-order valence-corrected chi connectivity index (χ2v) is 11.2. The zero-order valence-electron chi connectivity index (χ0n) is 20.1. The molecule has 34 heavy (non-hydrogen) atoms. The van der Waals surface area contributed by atoms with Crippen LogP contribution in [0.25, 0.3) is 11.0 Å². The molecule has 1 unspecified atom stereocenters. The Bertz CT molecular complexity index is 957. The molecule has 0 bridgehead atoms. The van der Waals surface area contributed by atoms with E-state index in [1.54, 1.807) is 0 Å². The zero-order chi connectivity index (χ0) is 23.5. The summed E-state index contributed by atoms with van der Waals surface area (Å²) in [5.74, 6) is 1.38. The second-order valence-electron chi connectivity index (χ2n) is 10.7. The van der Waals surface area contributed by atoms with Crippen molar-refractivity contribution in [2.75, 3.05) is 26.2 Å². The quantitative estimate of drug-likeness (QED) is 0.555. The molecule has 3 fully saturated rings. The van der Waals surface area contributed by atoms with E-state index >= 15 is 0 Å². The summed E-state index contributed by atoms with van der Waals surface area (Å²) in [6, 6.07) is 5.81. The van der Waals surface area contributed by atoms with Gasteiger partial charge in [-0.05, 0) is 95.0 Å². The fraction of sp³-hybridized carbons (Fsp3) is 0.704. The van der Waals surface area contributed by atoms with Gasteiger partial charge in [-0.3, -0.25) is 4.79 Å². The molecular formula is C27H38ClN3O3. The molecule has 1 aromatic carbocycles. The van der Waals surface area contributed by atoms with Crippen molar-refractivity contribution in [3.8, 4) is 0 Å². The van der Waals surface area contributed by atoms with E-state index in [1.165, 1.54) is 25.8 Å². The van der Waals surface area contributed by atoms with Gasteiger partial charge in [0.05, 0.1) is 17.7 Å². The van der Waals surface area contributed by atoms with E-state index in [0.717, 1.165) is 87.2 Å². The molecule has 7 heteroatoms. The highest BCUT2D eigenvalue weighted by Crippen LogP contribution is 2.39. The number of ether oxygens (including phenoxy) is 1. The maximum absolute atomic E-state index is 12.2. The number of carbonyl (C=O) groups is 1. The van der Waals surface area contributed by atoms with Gasteiger partial charge in [-0.1, -0.05) is 29.6 Å². The van der Waals surface area contributed by atoms with Crippen LogP contribution < -0.4 is 5.73 Å². The highest BCUT2D eigenvalue weighted by Gasteiger charge is 2.37. The van der Waals surface area contributed by atoms with Gasteiger partial charge in [-0.15, -0.1) is 0 Å². The van der Waals surface area contributed by atoms with Crippen LogP contribution in [-0.4, -0.2) is 48.3 Å². The summed E-state index contributed by atoms with van der Waals surface area (Å²) in [6.45, 7) is 4.18. The maximum Gasteiger partial charge on any atom is 0.223 e. The summed E-state index contributed by atoms with van der Waals surface area (Å²) in [5.41, 5.74) is 7.71. The monoisotopic (exact) mass is 487 g/mol. The number of carbonyl (C=O) groups excluding carboxylic acids is 1. The number of hydrogen-bond donors (Lipinski definition) is 1. The summed E-state index contributed by atoms with van der Waals surface area (Å²) in [6.07, 6.45) is 11.5. The lowest BCUT2D eigenvalue weighted by atomic mass is 9.72. The largest absolute Gasteiger partial charge is 0.377 e. The van der Waals surface area contributed by atoms with E-state index in [-0.39, 0.29) is 17.9 Å². The fourth-order valence-electron chi connectivity index (χ4n) is 6.62. The summed E-state index contributed by atoms with van der Waals surface area (Å²) < 4.78 is 11.5. The number of halogens is 1. The number of piperidine rings is 1. The Morgan fingerprint density at radius 1 is 1.12 bits per heavy atom. The highest BCUT2D eigenvalue weighted by atomic mass is 35.5. The van der Waals surface area contributed by atoms with Crippen LogP contribution in [-0.2, 0) is 9.53 Å². The summed E-state index contributed by atoms with van der Waals surface area (Å²) in [5, 5.41) is 6.17. The Balaban J connectivity index is 1.06. The van der Waals surface area contributed by atoms with E-state index in [4.69, 9.17) is 26.6 Å². The molecule has 0 radical (unpaired) electrons. The number of nitrogens with two attached hydrogens (primary N) is 1. The van der Waals surface area contributed by atoms with Gasteiger partial charge < -0.3 is 19.9 Å². The first-order valence-electron chi connectivity index (χ1n) is 13.3. The smallest absolute Gasteiger partial charge is 0.223 e. The van der Waals surface area contributed by atoms with Crippen molar-refractivity contribution in [3.05, 3.63) is 28.9 Å². The molecule has 1 aliphatic carbocycles. The maximum atomic E-state index is 12.2. The number of amides is 1. The van der Waals surface area contributed by atoms with Crippen LogP contribution in [0.3, 0.4) is 0 Å². The van der Waals surface area contributed by atoms with E-state index in [1.807, 2.05) is 18.2 Å². The number of hydrogen-bond acceptors (Lipinski definition) is 5. The molecule has 1 aromatic heterocycles. The Labute approximate surface area is 207 Å². The molecule has 3 aliphatic rings. The molecule has 3 heterocycles. The van der Waals surface area contributed by atoms with Gasteiger partial charge in [0.2, 0.25) is 5.91 Å². The van der Waals surface area contributed by atoms with E-state index in [9.17, 15) is 4.79 Å². The van der Waals surface area contributed by atoms with E-state index in [2.05, 4.69) is 10.1 Å². The number of fused-ring (bicyclic) bond motifs is 1. The lowest BCUT2D eigenvalue weighted by Crippen LogP contribution is -2.43. The van der Waals surface area contributed by atoms with Crippen LogP contribution in [0, 0.1) is 17.8 Å². The topological polar surface area (TPSA) is 81.6 Å². The number of benzene rings is 1. The molecule has 186 valence electrons. The van der Waals surface area contributed by atoms with Gasteiger partial charge >= 0.3 is 0 Å². The Kier molecular flexibility index (Phi) is 7.77. The molecule has 2 N–H and O–H groups in total. The predicted molar refractivity (Wildman–Crippen MR) is 134 cm³/mol. The molecule has 5 rings (SSSR count). The van der Waals surface area contributed by atoms with E-state index in [0.29, 0.717) is 16.9 Å². The van der Waals surface area contributed by atoms with Crippen molar-refractivity contribution in [2.24, 2.45) is 23.5 Å². The van der Waals surface area contributed by atoms with Crippen molar-refractivity contribution < 1.29 is 14.1 Å². The first kappa shape index (κ1) is 24.1. The van der Waals surface area contributed by atoms with Gasteiger partial charge in [0, 0.05) is 29.0 Å². The van der Waals surface area contributed by atoms with Gasteiger partial charge in [0.15, 0.2) is 5.58 Å². The third kappa shape index (κ3) is 5.44. The molecule has 2 aliphatic heterocycles. The molecule has 2 atom stereocenters. The lowest BCUT2D eigenvalue weighted by molar-refractivity contribution is -0.133. The van der Waals surface area contributed by atoms with Crippen LogP contribution in [0.4, 0.5) is 0 Å². The lowest BCUT2D eigenvalue weighted by Gasteiger charge is -2.38. The first-order chi connectivity index (χ1) is 16.6. The van der Waals surface area contributed by atoms with Gasteiger partial charge in [0.1, 0.15) is 0 Å². The first-order valence-corrected chi connectivity index (χ1v) is 13.6. The van der Waals surface area contributed by atoms with Gasteiger partial charge in [0.25, 0.3) is 0 Å². The fourth-order valence-corrected chi connectivity index (χ4v) is 6.79. The number of rotatable bonds is 7. The summed E-state index contributed by atoms with van der Waals surface area (Å²) in [7, 11) is 0. The SMILES string of the molecule is NC(=O)C(C1CCC(CCN2CCC(c3noc4cc(Cl)ccc34)CC2)CC1)[C@H]1CCCCO1. The van der Waals surface area contributed by atoms with Gasteiger partial charge in [-0.25, -0.2) is 0 Å². The standard InChI is InChI=1S/C27H38ClN3O3/c28-21-8-9-22-24(17-21)34-30-26(22)20-11-14-31(15-12-20)13-10-18-4-6-19(7-5-18)25(27(29)32)23-3-1-2-16-33-23/h8-9,17-20,23,25H,1-7,10-16H2,(H2,29,32)/t18?,19?,23-,25?/m1/s1. The summed E-state index contributed by atoms with van der Waals surface area (Å²) in [4.78, 5) is 14.8.